The van der Waals surface area contributed by atoms with E-state index in [-0.39, 0.29) is 29.9 Å². The lowest BCUT2D eigenvalue weighted by Gasteiger charge is -2.41. The van der Waals surface area contributed by atoms with Gasteiger partial charge in [-0.25, -0.2) is 4.99 Å². The molecule has 8 heteroatoms. The topological polar surface area (TPSA) is 68.2 Å². The first-order chi connectivity index (χ1) is 14.5. The molecule has 1 aromatic rings. The third-order valence-electron chi connectivity index (χ3n) is 5.48. The van der Waals surface area contributed by atoms with Crippen molar-refractivity contribution < 1.29 is 9.59 Å². The number of carbonyl (C=O) groups is 2. The number of aliphatic imine (C=N–C) groups is 1. The molecule has 0 saturated carbocycles. The Morgan fingerprint density at radius 2 is 2.03 bits per heavy atom. The molecule has 168 valence electrons. The van der Waals surface area contributed by atoms with Crippen molar-refractivity contribution in [2.45, 2.75) is 32.4 Å². The van der Waals surface area contributed by atoms with Crippen molar-refractivity contribution >= 4 is 34.9 Å². The highest BCUT2D eigenvalue weighted by Gasteiger charge is 2.31. The van der Waals surface area contributed by atoms with Crippen LogP contribution in [0.4, 0.5) is 5.69 Å². The minimum absolute atomic E-state index is 0.0845. The molecule has 0 spiro atoms. The van der Waals surface area contributed by atoms with Crippen molar-refractivity contribution in [2.24, 2.45) is 4.99 Å². The van der Waals surface area contributed by atoms with Gasteiger partial charge in [-0.1, -0.05) is 36.4 Å². The smallest absolute Gasteiger partial charge is 0.246 e. The Morgan fingerprint density at radius 1 is 1.35 bits per heavy atom. The molecule has 0 bridgehead atoms. The van der Waals surface area contributed by atoms with Gasteiger partial charge in [0.05, 0.1) is 23.8 Å². The maximum Gasteiger partial charge on any atom is 0.246 e. The van der Waals surface area contributed by atoms with Gasteiger partial charge in [-0.3, -0.25) is 9.59 Å². The predicted octanol–water partition coefficient (Wildman–Crippen LogP) is 3.25. The van der Waals surface area contributed by atoms with Crippen LogP contribution in [-0.2, 0) is 9.59 Å². The Kier molecular flexibility index (Phi) is 8.42. The van der Waals surface area contributed by atoms with E-state index >= 15 is 0 Å². The van der Waals surface area contributed by atoms with Crippen molar-refractivity contribution in [2.75, 3.05) is 39.0 Å². The number of para-hydroxylation sites is 1. The highest BCUT2D eigenvalue weighted by molar-refractivity contribution is 6.33. The lowest BCUT2D eigenvalue weighted by atomic mass is 10.0. The van der Waals surface area contributed by atoms with Gasteiger partial charge in [-0.15, -0.1) is 0 Å². The van der Waals surface area contributed by atoms with E-state index in [0.717, 1.165) is 0 Å². The Labute approximate surface area is 190 Å². The fourth-order valence-corrected chi connectivity index (χ4v) is 3.25. The van der Waals surface area contributed by atoms with Gasteiger partial charge in [0, 0.05) is 30.4 Å². The molecule has 0 aliphatic carbocycles. The predicted molar refractivity (Wildman–Crippen MR) is 127 cm³/mol. The molecule has 1 aliphatic heterocycles. The summed E-state index contributed by atoms with van der Waals surface area (Å²) in [7, 11) is 3.94. The molecule has 1 aromatic carbocycles. The van der Waals surface area contributed by atoms with Crippen LogP contribution < -0.4 is 5.32 Å². The normalized spacial score (nSPS) is 18.7. The second-order valence-electron chi connectivity index (χ2n) is 8.33. The molecule has 0 radical (unpaired) electrons. The summed E-state index contributed by atoms with van der Waals surface area (Å²) in [6.07, 6.45) is 4.94. The van der Waals surface area contributed by atoms with Crippen molar-refractivity contribution in [1.29, 1.82) is 0 Å². The van der Waals surface area contributed by atoms with Crippen LogP contribution in [0.3, 0.4) is 0 Å². The zero-order valence-corrected chi connectivity index (χ0v) is 19.7. The van der Waals surface area contributed by atoms with Crippen LogP contribution in [0.25, 0.3) is 0 Å². The van der Waals surface area contributed by atoms with Crippen LogP contribution in [-0.4, -0.2) is 77.7 Å². The van der Waals surface area contributed by atoms with Gasteiger partial charge >= 0.3 is 0 Å². The molecule has 1 atom stereocenters. The maximum atomic E-state index is 12.8. The maximum absolute atomic E-state index is 12.8. The summed E-state index contributed by atoms with van der Waals surface area (Å²) >= 11 is 6.13. The third kappa shape index (κ3) is 6.67. The number of likely N-dealkylation sites (N-methyl/N-ethyl adjacent to an activating group) is 1. The molecule has 1 aliphatic rings. The second kappa shape index (κ2) is 10.6. The number of benzene rings is 1. The molecule has 7 nitrogen and oxygen atoms in total. The molecule has 31 heavy (non-hydrogen) atoms. The summed E-state index contributed by atoms with van der Waals surface area (Å²) in [6, 6.07) is 6.99. The largest absolute Gasteiger partial charge is 0.345 e. The zero-order chi connectivity index (χ0) is 23.2. The quantitative estimate of drug-likeness (QED) is 0.654. The number of hydrogen-bond donors (Lipinski definition) is 1. The molecule has 1 fully saturated rings. The summed E-state index contributed by atoms with van der Waals surface area (Å²) in [5, 5.41) is 3.31. The van der Waals surface area contributed by atoms with Crippen molar-refractivity contribution in [1.82, 2.24) is 14.7 Å². The average molecular weight is 446 g/mol. The van der Waals surface area contributed by atoms with Crippen LogP contribution in [0.1, 0.15) is 20.8 Å². The molecule has 1 heterocycles. The number of nitrogens with one attached hydrogen (secondary N) is 1. The number of piperazine rings is 1. The highest BCUT2D eigenvalue weighted by Crippen LogP contribution is 2.21. The standard InChI is InChI=1S/C23H32ClN5O2/c1-7-25-20-15-28(22(31)12-13-23(3,4)27(5)6)14-17(2)29(20)16-21(30)26-19-11-9-8-10-18(19)24/h7-13,17H,1,14-16H2,2-6H3,(H,26,30)/b13-12+,25-20?/t17-/m1/s1. The van der Waals surface area contributed by atoms with Crippen LogP contribution in [0.15, 0.2) is 54.2 Å². The summed E-state index contributed by atoms with van der Waals surface area (Å²) in [5.41, 5.74) is 0.323. The van der Waals surface area contributed by atoms with E-state index < -0.39 is 0 Å². The molecule has 1 saturated heterocycles. The van der Waals surface area contributed by atoms with Crippen LogP contribution in [0.5, 0.6) is 0 Å². The monoisotopic (exact) mass is 445 g/mol. The molecule has 2 amide bonds. The SMILES string of the molecule is C=CN=C1CN(C(=O)/C=C/C(C)(C)N(C)C)C[C@@H](C)N1CC(=O)Nc1ccccc1Cl. The first kappa shape index (κ1) is 24.6. The molecule has 0 aromatic heterocycles. The van der Waals surface area contributed by atoms with Gasteiger partial charge < -0.3 is 20.0 Å². The number of halogens is 1. The van der Waals surface area contributed by atoms with E-state index in [9.17, 15) is 9.59 Å². The lowest BCUT2D eigenvalue weighted by molar-refractivity contribution is -0.126. The summed E-state index contributed by atoms with van der Waals surface area (Å²) in [5.74, 6) is 0.333. The molecule has 1 N–H and O–H groups in total. The van der Waals surface area contributed by atoms with Crippen molar-refractivity contribution in [3.8, 4) is 0 Å². The summed E-state index contributed by atoms with van der Waals surface area (Å²) < 4.78 is 0. The van der Waals surface area contributed by atoms with E-state index in [0.29, 0.717) is 29.6 Å². The van der Waals surface area contributed by atoms with Crippen molar-refractivity contribution in [3.05, 3.63) is 54.2 Å². The highest BCUT2D eigenvalue weighted by atomic mass is 35.5. The van der Waals surface area contributed by atoms with Crippen LogP contribution in [0.2, 0.25) is 5.02 Å². The minimum atomic E-state index is -0.238. The van der Waals surface area contributed by atoms with Crippen LogP contribution in [0, 0.1) is 0 Å². The molecular weight excluding hydrogens is 414 g/mol. The Balaban J connectivity index is 2.10. The first-order valence-corrected chi connectivity index (χ1v) is 10.6. The number of carbonyl (C=O) groups excluding carboxylic acids is 2. The van der Waals surface area contributed by atoms with Gasteiger partial charge in [0.1, 0.15) is 5.84 Å². The van der Waals surface area contributed by atoms with E-state index in [1.807, 2.05) is 56.8 Å². The second-order valence-corrected chi connectivity index (χ2v) is 8.74. The van der Waals surface area contributed by atoms with Gasteiger partial charge in [-0.05, 0) is 47.0 Å². The Bertz CT molecular complexity index is 878. The van der Waals surface area contributed by atoms with E-state index in [4.69, 9.17) is 11.6 Å². The van der Waals surface area contributed by atoms with Gasteiger partial charge in [0.15, 0.2) is 0 Å². The lowest BCUT2D eigenvalue weighted by Crippen LogP contribution is -2.58. The molecule has 2 rings (SSSR count). The van der Waals surface area contributed by atoms with Crippen molar-refractivity contribution in [3.63, 3.8) is 0 Å². The molecule has 0 unspecified atom stereocenters. The van der Waals surface area contributed by atoms with Crippen LogP contribution >= 0.6 is 11.6 Å². The summed E-state index contributed by atoms with van der Waals surface area (Å²) in [4.78, 5) is 35.4. The van der Waals surface area contributed by atoms with E-state index in [1.54, 1.807) is 29.2 Å². The Hall–Kier alpha value is -2.64. The molecular formula is C23H32ClN5O2. The zero-order valence-electron chi connectivity index (χ0n) is 18.9. The number of rotatable bonds is 7. The Morgan fingerprint density at radius 3 is 2.65 bits per heavy atom. The first-order valence-electron chi connectivity index (χ1n) is 10.2. The van der Waals surface area contributed by atoms with E-state index in [2.05, 4.69) is 16.9 Å². The number of nitrogens with zero attached hydrogens (tertiary/aromatic N) is 4. The number of amidine groups is 1. The number of hydrogen-bond acceptors (Lipinski definition) is 4. The minimum Gasteiger partial charge on any atom is -0.345 e. The van der Waals surface area contributed by atoms with Gasteiger partial charge in [0.25, 0.3) is 0 Å². The fourth-order valence-electron chi connectivity index (χ4n) is 3.07. The average Bonchev–Trinajstić information content (AvgIpc) is 2.70. The number of amides is 2. The van der Waals surface area contributed by atoms with E-state index in [1.165, 1.54) is 6.20 Å². The van der Waals surface area contributed by atoms with Gasteiger partial charge in [0.2, 0.25) is 11.8 Å². The summed E-state index contributed by atoms with van der Waals surface area (Å²) in [6.45, 7) is 10.6. The third-order valence-corrected chi connectivity index (χ3v) is 5.81. The number of anilines is 1. The van der Waals surface area contributed by atoms with Gasteiger partial charge in [-0.2, -0.15) is 0 Å². The fraction of sp³-hybridized carbons (Fsp3) is 0.435.